The van der Waals surface area contributed by atoms with Crippen LogP contribution in [0.25, 0.3) is 5.76 Å². The number of aliphatic hydroxyl groups excluding tert-OH is 2. The molecule has 2 fully saturated rings. The highest BCUT2D eigenvalue weighted by Crippen LogP contribution is 2.52. The molecule has 5 rings (SSSR count). The Labute approximate surface area is 196 Å². The Balaban J connectivity index is 1.70. The van der Waals surface area contributed by atoms with Gasteiger partial charge in [0.1, 0.15) is 22.8 Å². The number of phenolic OH excluding ortho intramolecular Hbond substituents is 1. The highest BCUT2D eigenvalue weighted by Gasteiger charge is 2.64. The van der Waals surface area contributed by atoms with Crippen molar-refractivity contribution in [1.82, 2.24) is 4.90 Å². The van der Waals surface area contributed by atoms with Gasteiger partial charge in [-0.3, -0.25) is 19.3 Å². The maximum absolute atomic E-state index is 13.8. The fourth-order valence-electron chi connectivity index (χ4n) is 6.38. The minimum Gasteiger partial charge on any atom is -0.508 e. The molecule has 1 saturated carbocycles. The Morgan fingerprint density at radius 2 is 1.74 bits per heavy atom. The number of benzene rings is 1. The number of aromatic hydroxyl groups is 1. The molecule has 0 radical (unpaired) electrons. The van der Waals surface area contributed by atoms with E-state index in [-0.39, 0.29) is 23.3 Å². The van der Waals surface area contributed by atoms with Crippen molar-refractivity contribution in [2.45, 2.75) is 50.2 Å². The third kappa shape index (κ3) is 3.03. The number of hydrogen-bond donors (Lipinski definition) is 5. The number of carbonyl (C=O) groups excluding carboxylic acids is 3. The molecule has 4 unspecified atom stereocenters. The van der Waals surface area contributed by atoms with Gasteiger partial charge in [0.25, 0.3) is 5.91 Å². The van der Waals surface area contributed by atoms with E-state index in [9.17, 15) is 34.8 Å². The Morgan fingerprint density at radius 1 is 1.06 bits per heavy atom. The molecular weight excluding hydrogens is 440 g/mol. The molecule has 9 nitrogen and oxygen atoms in total. The van der Waals surface area contributed by atoms with E-state index in [0.717, 1.165) is 25.7 Å². The van der Waals surface area contributed by atoms with Gasteiger partial charge in [-0.25, -0.2) is 0 Å². The number of amides is 1. The van der Waals surface area contributed by atoms with Gasteiger partial charge < -0.3 is 26.2 Å². The van der Waals surface area contributed by atoms with Crippen LogP contribution in [0.4, 0.5) is 0 Å². The molecule has 9 heteroatoms. The van der Waals surface area contributed by atoms with Crippen LogP contribution in [0.15, 0.2) is 35.1 Å². The predicted molar refractivity (Wildman–Crippen MR) is 121 cm³/mol. The van der Waals surface area contributed by atoms with Crippen LogP contribution >= 0.6 is 0 Å². The molecule has 0 bridgehead atoms. The first kappa shape index (κ1) is 22.6. The monoisotopic (exact) mass is 468 g/mol. The number of Topliss-reactive ketones (excluding diaryl/α,β-unsaturated/α-hetero) is 2. The molecule has 1 aromatic rings. The lowest BCUT2D eigenvalue weighted by atomic mass is 9.57. The van der Waals surface area contributed by atoms with Gasteiger partial charge in [-0.1, -0.05) is 25.0 Å². The number of phenols is 1. The van der Waals surface area contributed by atoms with E-state index in [1.807, 2.05) is 4.90 Å². The number of nitrogens with two attached hydrogens (primary N) is 1. The third-order valence-corrected chi connectivity index (χ3v) is 7.94. The van der Waals surface area contributed by atoms with Gasteiger partial charge in [0, 0.05) is 11.5 Å². The number of likely N-dealkylation sites (tertiary alicyclic amines) is 1. The molecule has 1 aliphatic heterocycles. The molecule has 34 heavy (non-hydrogen) atoms. The molecule has 4 atom stereocenters. The number of fused-ring (bicyclic) bond motifs is 3. The van der Waals surface area contributed by atoms with Crippen molar-refractivity contribution in [1.29, 1.82) is 0 Å². The first-order valence-corrected chi connectivity index (χ1v) is 11.7. The van der Waals surface area contributed by atoms with Crippen molar-refractivity contribution >= 4 is 23.2 Å². The summed E-state index contributed by atoms with van der Waals surface area (Å²) in [7, 11) is 0. The second-order valence-electron chi connectivity index (χ2n) is 9.76. The van der Waals surface area contributed by atoms with Gasteiger partial charge in [-0.15, -0.1) is 0 Å². The van der Waals surface area contributed by atoms with Crippen molar-refractivity contribution in [3.8, 4) is 5.75 Å². The smallest absolute Gasteiger partial charge is 0.255 e. The summed E-state index contributed by atoms with van der Waals surface area (Å²) in [4.78, 5) is 41.4. The summed E-state index contributed by atoms with van der Waals surface area (Å²) in [5.74, 6) is -6.13. The lowest BCUT2D eigenvalue weighted by Crippen LogP contribution is -2.66. The van der Waals surface area contributed by atoms with Crippen LogP contribution in [0.2, 0.25) is 0 Å². The summed E-state index contributed by atoms with van der Waals surface area (Å²) >= 11 is 0. The number of ketones is 2. The highest BCUT2D eigenvalue weighted by molar-refractivity contribution is 6.24. The topological polar surface area (TPSA) is 161 Å². The van der Waals surface area contributed by atoms with Crippen LogP contribution in [0.1, 0.15) is 43.2 Å². The van der Waals surface area contributed by atoms with E-state index in [4.69, 9.17) is 5.73 Å². The Bertz CT molecular complexity index is 1160. The fourth-order valence-corrected chi connectivity index (χ4v) is 6.38. The largest absolute Gasteiger partial charge is 0.508 e. The predicted octanol–water partition coefficient (Wildman–Crippen LogP) is 1.28. The van der Waals surface area contributed by atoms with Crippen molar-refractivity contribution in [2.24, 2.45) is 17.6 Å². The van der Waals surface area contributed by atoms with Gasteiger partial charge >= 0.3 is 0 Å². The Kier molecular flexibility index (Phi) is 5.29. The zero-order valence-corrected chi connectivity index (χ0v) is 18.7. The van der Waals surface area contributed by atoms with Crippen LogP contribution in [0, 0.1) is 11.8 Å². The molecule has 1 aromatic carbocycles. The van der Waals surface area contributed by atoms with E-state index in [2.05, 4.69) is 0 Å². The lowest BCUT2D eigenvalue weighted by Gasteiger charge is -2.51. The number of carbonyl (C=O) groups is 3. The number of hydrogen-bond acceptors (Lipinski definition) is 8. The van der Waals surface area contributed by atoms with E-state index in [1.54, 1.807) is 12.1 Å². The third-order valence-electron chi connectivity index (χ3n) is 7.94. The lowest BCUT2D eigenvalue weighted by molar-refractivity contribution is -0.155. The number of primary amides is 1. The molecule has 1 heterocycles. The van der Waals surface area contributed by atoms with Crippen LogP contribution < -0.4 is 5.73 Å². The number of aliphatic hydroxyl groups is 3. The van der Waals surface area contributed by atoms with Crippen LogP contribution in [-0.4, -0.2) is 67.5 Å². The highest BCUT2D eigenvalue weighted by atomic mass is 16.3. The molecule has 0 aromatic heterocycles. The van der Waals surface area contributed by atoms with Gasteiger partial charge in [0.15, 0.2) is 11.4 Å². The summed E-state index contributed by atoms with van der Waals surface area (Å²) in [6.07, 6.45) is 4.06. The molecule has 1 saturated heterocycles. The van der Waals surface area contributed by atoms with Gasteiger partial charge in [0.2, 0.25) is 5.78 Å². The number of nitrogens with zero attached hydrogens (tertiary/aromatic N) is 1. The summed E-state index contributed by atoms with van der Waals surface area (Å²) in [5.41, 5.74) is 2.71. The van der Waals surface area contributed by atoms with Crippen molar-refractivity contribution in [3.05, 3.63) is 46.2 Å². The van der Waals surface area contributed by atoms with Crippen molar-refractivity contribution in [3.63, 3.8) is 0 Å². The minimum absolute atomic E-state index is 0.110. The summed E-state index contributed by atoms with van der Waals surface area (Å²) in [6, 6.07) is 3.78. The number of rotatable bonds is 2. The first-order valence-electron chi connectivity index (χ1n) is 11.7. The summed E-state index contributed by atoms with van der Waals surface area (Å²) in [5, 5.41) is 44.0. The minimum atomic E-state index is -2.59. The zero-order chi connectivity index (χ0) is 24.4. The van der Waals surface area contributed by atoms with Crippen molar-refractivity contribution < 1.29 is 34.8 Å². The molecule has 4 aliphatic rings. The molecule has 3 aliphatic carbocycles. The second kappa shape index (κ2) is 7.95. The van der Waals surface area contributed by atoms with E-state index in [1.165, 1.54) is 6.07 Å². The van der Waals surface area contributed by atoms with Crippen molar-refractivity contribution in [2.75, 3.05) is 13.1 Å². The molecule has 6 N–H and O–H groups in total. The maximum Gasteiger partial charge on any atom is 0.255 e. The van der Waals surface area contributed by atoms with E-state index >= 15 is 0 Å². The first-order chi connectivity index (χ1) is 16.2. The van der Waals surface area contributed by atoms with E-state index in [0.29, 0.717) is 25.1 Å². The molecule has 0 spiro atoms. The Morgan fingerprint density at radius 3 is 2.38 bits per heavy atom. The average molecular weight is 469 g/mol. The maximum atomic E-state index is 13.8. The molecule has 1 amide bonds. The average Bonchev–Trinajstić information content (AvgIpc) is 3.05. The second-order valence-corrected chi connectivity index (χ2v) is 9.76. The van der Waals surface area contributed by atoms with Gasteiger partial charge in [0.05, 0.1) is 11.6 Å². The van der Waals surface area contributed by atoms with Crippen LogP contribution in [0.5, 0.6) is 5.75 Å². The summed E-state index contributed by atoms with van der Waals surface area (Å²) < 4.78 is 0. The van der Waals surface area contributed by atoms with Gasteiger partial charge in [-0.05, 0) is 56.3 Å². The molecule has 180 valence electrons. The molecular formula is C25H28N2O7. The Hall–Kier alpha value is -3.17. The zero-order valence-electron chi connectivity index (χ0n) is 18.7. The van der Waals surface area contributed by atoms with Crippen LogP contribution in [-0.2, 0) is 20.8 Å². The normalized spacial score (nSPS) is 32.1. The standard InChI is InChI=1S/C25H28N2O7/c26-24(33)18-21(30)19(27-8-3-1-2-4-9-27)14-11-13-10-12-6-5-7-15(28)16(12)20(29)17(13)22(31)25(14,34)23(18)32/h5-7,13-14,19,28-29,32,34H,1-4,8-11H2,(H2,26,33). The fraction of sp³-hybridized carbons (Fsp3) is 0.480. The quantitative estimate of drug-likeness (QED) is 0.406. The van der Waals surface area contributed by atoms with Crippen LogP contribution in [0.3, 0.4) is 0 Å². The van der Waals surface area contributed by atoms with Gasteiger partial charge in [-0.2, -0.15) is 0 Å². The van der Waals surface area contributed by atoms with E-state index < -0.39 is 58.0 Å². The summed E-state index contributed by atoms with van der Waals surface area (Å²) in [6.45, 7) is 1.11. The SMILES string of the molecule is NC(=O)C1=C(O)C2(O)C(=O)C3=C(O)c4c(O)cccc4CC3CC2C(N2CCCCCC2)C1=O.